The molecular formula is C14H15ClF3N3OS. The number of hydrogen-bond donors (Lipinski definition) is 2. The molecule has 1 aromatic heterocycles. The molecule has 2 aromatic rings. The van der Waals surface area contributed by atoms with Crippen LogP contribution in [0.5, 0.6) is 0 Å². The lowest BCUT2D eigenvalue weighted by molar-refractivity contribution is -0.137. The van der Waals surface area contributed by atoms with Crippen molar-refractivity contribution in [2.24, 2.45) is 5.73 Å². The number of aromatic nitrogens is 1. The van der Waals surface area contributed by atoms with Gasteiger partial charge in [-0.25, -0.2) is 4.98 Å². The van der Waals surface area contributed by atoms with E-state index in [9.17, 15) is 18.0 Å². The van der Waals surface area contributed by atoms with Crippen LogP contribution in [0.4, 0.5) is 18.3 Å². The van der Waals surface area contributed by atoms with Crippen LogP contribution in [0.3, 0.4) is 0 Å². The first kappa shape index (κ1) is 19.4. The summed E-state index contributed by atoms with van der Waals surface area (Å²) in [6.45, 7) is 0.417. The van der Waals surface area contributed by atoms with Crippen LogP contribution in [0, 0.1) is 0 Å². The minimum Gasteiger partial charge on any atom is -0.330 e. The van der Waals surface area contributed by atoms with E-state index >= 15 is 0 Å². The van der Waals surface area contributed by atoms with E-state index < -0.39 is 11.7 Å². The Morgan fingerprint density at radius 3 is 2.74 bits per heavy atom. The van der Waals surface area contributed by atoms with E-state index in [1.54, 1.807) is 11.4 Å². The summed E-state index contributed by atoms with van der Waals surface area (Å²) in [4.78, 5) is 15.7. The zero-order valence-corrected chi connectivity index (χ0v) is 13.5. The fraction of sp³-hybridized carbons (Fsp3) is 0.286. The highest BCUT2D eigenvalue weighted by molar-refractivity contribution is 7.14. The van der Waals surface area contributed by atoms with Crippen molar-refractivity contribution in [3.05, 3.63) is 35.2 Å². The molecule has 0 fully saturated rings. The van der Waals surface area contributed by atoms with Gasteiger partial charge in [-0.2, -0.15) is 13.2 Å². The predicted octanol–water partition coefficient (Wildman–Crippen LogP) is 3.93. The van der Waals surface area contributed by atoms with Gasteiger partial charge in [0.25, 0.3) is 0 Å². The van der Waals surface area contributed by atoms with Gasteiger partial charge < -0.3 is 11.1 Å². The Labute approximate surface area is 141 Å². The van der Waals surface area contributed by atoms with E-state index in [1.807, 2.05) is 0 Å². The lowest BCUT2D eigenvalue weighted by Gasteiger charge is -2.07. The number of nitrogens with zero attached hydrogens (tertiary/aromatic N) is 1. The lowest BCUT2D eigenvalue weighted by atomic mass is 10.1. The third-order valence-electron chi connectivity index (χ3n) is 2.84. The van der Waals surface area contributed by atoms with Crippen molar-refractivity contribution in [1.82, 2.24) is 4.98 Å². The van der Waals surface area contributed by atoms with Crippen molar-refractivity contribution in [3.63, 3.8) is 0 Å². The highest BCUT2D eigenvalue weighted by Crippen LogP contribution is 2.33. The quantitative estimate of drug-likeness (QED) is 0.843. The smallest absolute Gasteiger partial charge is 0.330 e. The molecule has 0 radical (unpaired) electrons. The maximum atomic E-state index is 12.7. The third kappa shape index (κ3) is 5.49. The predicted molar refractivity (Wildman–Crippen MR) is 86.7 cm³/mol. The van der Waals surface area contributed by atoms with Gasteiger partial charge in [0.2, 0.25) is 5.91 Å². The number of amides is 1. The number of anilines is 1. The van der Waals surface area contributed by atoms with E-state index in [4.69, 9.17) is 5.73 Å². The summed E-state index contributed by atoms with van der Waals surface area (Å²) in [5, 5.41) is 4.56. The van der Waals surface area contributed by atoms with Crippen molar-refractivity contribution >= 4 is 34.8 Å². The van der Waals surface area contributed by atoms with E-state index in [0.29, 0.717) is 29.4 Å². The maximum Gasteiger partial charge on any atom is 0.416 e. The largest absolute Gasteiger partial charge is 0.416 e. The summed E-state index contributed by atoms with van der Waals surface area (Å²) in [5.41, 5.74) is 5.33. The molecule has 0 saturated heterocycles. The first-order chi connectivity index (χ1) is 10.4. The highest BCUT2D eigenvalue weighted by atomic mass is 35.5. The molecule has 126 valence electrons. The summed E-state index contributed by atoms with van der Waals surface area (Å²) in [7, 11) is 0. The summed E-state index contributed by atoms with van der Waals surface area (Å²) >= 11 is 1.16. The van der Waals surface area contributed by atoms with E-state index in [2.05, 4.69) is 10.3 Å². The third-order valence-corrected chi connectivity index (χ3v) is 3.60. The Balaban J connectivity index is 0.00000264. The van der Waals surface area contributed by atoms with Crippen LogP contribution in [0.25, 0.3) is 11.3 Å². The molecule has 2 rings (SSSR count). The van der Waals surface area contributed by atoms with Crippen LogP contribution in [-0.2, 0) is 11.0 Å². The first-order valence-corrected chi connectivity index (χ1v) is 7.41. The lowest BCUT2D eigenvalue weighted by Crippen LogP contribution is -2.13. The zero-order chi connectivity index (χ0) is 16.2. The van der Waals surface area contributed by atoms with E-state index in [-0.39, 0.29) is 24.7 Å². The van der Waals surface area contributed by atoms with E-state index in [1.165, 1.54) is 6.07 Å². The van der Waals surface area contributed by atoms with Gasteiger partial charge in [0.1, 0.15) is 0 Å². The van der Waals surface area contributed by atoms with Crippen LogP contribution in [-0.4, -0.2) is 17.4 Å². The van der Waals surface area contributed by atoms with Crippen molar-refractivity contribution in [1.29, 1.82) is 0 Å². The second kappa shape index (κ2) is 8.28. The zero-order valence-electron chi connectivity index (χ0n) is 11.9. The average Bonchev–Trinajstić information content (AvgIpc) is 2.93. The van der Waals surface area contributed by atoms with Crippen LogP contribution < -0.4 is 11.1 Å². The second-order valence-corrected chi connectivity index (χ2v) is 5.41. The second-order valence-electron chi connectivity index (χ2n) is 4.56. The topological polar surface area (TPSA) is 68.0 Å². The number of alkyl halides is 3. The molecule has 1 heterocycles. The van der Waals surface area contributed by atoms with Gasteiger partial charge in [0.05, 0.1) is 11.3 Å². The van der Waals surface area contributed by atoms with Crippen LogP contribution in [0.15, 0.2) is 29.6 Å². The van der Waals surface area contributed by atoms with Crippen LogP contribution in [0.1, 0.15) is 18.4 Å². The number of halogens is 4. The number of carbonyl (C=O) groups excluding carboxylic acids is 1. The molecule has 0 aliphatic carbocycles. The molecular weight excluding hydrogens is 351 g/mol. The average molecular weight is 366 g/mol. The monoisotopic (exact) mass is 365 g/mol. The molecule has 4 nitrogen and oxygen atoms in total. The van der Waals surface area contributed by atoms with Crippen molar-refractivity contribution in [2.75, 3.05) is 11.9 Å². The Kier molecular flexibility index (Phi) is 6.99. The van der Waals surface area contributed by atoms with Gasteiger partial charge in [-0.05, 0) is 25.1 Å². The standard InChI is InChI=1S/C14H14F3N3OS.ClH/c15-14(16,17)10-4-1-3-9(7-10)11-8-22-13(19-11)20-12(21)5-2-6-18;/h1,3-4,7-8H,2,5-6,18H2,(H,19,20,21);1H. The molecule has 0 bridgehead atoms. The molecule has 0 saturated carbocycles. The number of hydrogen-bond acceptors (Lipinski definition) is 4. The minimum absolute atomic E-state index is 0. The first-order valence-electron chi connectivity index (χ1n) is 6.53. The fourth-order valence-corrected chi connectivity index (χ4v) is 2.50. The number of thiazole rings is 1. The summed E-state index contributed by atoms with van der Waals surface area (Å²) in [6.07, 6.45) is -3.54. The molecule has 0 aliphatic rings. The maximum absolute atomic E-state index is 12.7. The molecule has 3 N–H and O–H groups in total. The Morgan fingerprint density at radius 1 is 1.35 bits per heavy atom. The van der Waals surface area contributed by atoms with Crippen molar-refractivity contribution in [2.45, 2.75) is 19.0 Å². The minimum atomic E-state index is -4.40. The molecule has 1 amide bonds. The summed E-state index contributed by atoms with van der Waals surface area (Å²) in [5.74, 6) is -0.213. The number of nitrogens with two attached hydrogens (primary N) is 1. The van der Waals surface area contributed by atoms with Gasteiger partial charge in [0.15, 0.2) is 5.13 Å². The number of nitrogens with one attached hydrogen (secondary N) is 1. The van der Waals surface area contributed by atoms with Gasteiger partial charge in [0, 0.05) is 17.4 Å². The summed E-state index contributed by atoms with van der Waals surface area (Å²) in [6, 6.07) is 4.92. The van der Waals surface area contributed by atoms with Gasteiger partial charge in [-0.1, -0.05) is 12.1 Å². The molecule has 0 spiro atoms. The van der Waals surface area contributed by atoms with Gasteiger partial charge in [-0.3, -0.25) is 4.79 Å². The van der Waals surface area contributed by atoms with Gasteiger partial charge >= 0.3 is 6.18 Å². The fourth-order valence-electron chi connectivity index (χ4n) is 1.76. The normalized spacial score (nSPS) is 11.0. The Hall–Kier alpha value is -1.64. The van der Waals surface area contributed by atoms with Crippen LogP contribution >= 0.6 is 23.7 Å². The Bertz CT molecular complexity index is 661. The molecule has 0 aliphatic heterocycles. The van der Waals surface area contributed by atoms with Crippen molar-refractivity contribution in [3.8, 4) is 11.3 Å². The molecule has 0 unspecified atom stereocenters. The SMILES string of the molecule is Cl.NCCCC(=O)Nc1nc(-c2cccc(C(F)(F)F)c2)cs1. The number of rotatable bonds is 5. The summed E-state index contributed by atoms with van der Waals surface area (Å²) < 4.78 is 38.1. The number of carbonyl (C=O) groups is 1. The van der Waals surface area contributed by atoms with E-state index in [0.717, 1.165) is 23.5 Å². The van der Waals surface area contributed by atoms with Crippen LogP contribution in [0.2, 0.25) is 0 Å². The molecule has 9 heteroatoms. The molecule has 23 heavy (non-hydrogen) atoms. The number of benzene rings is 1. The van der Waals surface area contributed by atoms with Crippen molar-refractivity contribution < 1.29 is 18.0 Å². The Morgan fingerprint density at radius 2 is 2.09 bits per heavy atom. The van der Waals surface area contributed by atoms with Gasteiger partial charge in [-0.15, -0.1) is 23.7 Å². The molecule has 0 atom stereocenters. The molecule has 1 aromatic carbocycles. The highest BCUT2D eigenvalue weighted by Gasteiger charge is 2.30.